The van der Waals surface area contributed by atoms with Gasteiger partial charge in [0.25, 0.3) is 5.56 Å². The molecule has 0 bridgehead atoms. The monoisotopic (exact) mass is 277 g/mol. The summed E-state index contributed by atoms with van der Waals surface area (Å²) in [4.78, 5) is 18.5. The molecule has 0 spiro atoms. The Hall–Kier alpha value is -1.59. The van der Waals surface area contributed by atoms with Gasteiger partial charge in [-0.25, -0.2) is 0 Å². The van der Waals surface area contributed by atoms with Crippen LogP contribution in [0.4, 0.5) is 5.95 Å². The molecule has 98 valence electrons. The first-order valence-electron chi connectivity index (χ1n) is 6.28. The molecule has 1 fully saturated rings. The van der Waals surface area contributed by atoms with Gasteiger partial charge in [-0.2, -0.15) is 4.98 Å². The van der Waals surface area contributed by atoms with Crippen molar-refractivity contribution in [3.05, 3.63) is 33.6 Å². The smallest absolute Gasteiger partial charge is 0.282 e. The van der Waals surface area contributed by atoms with Crippen molar-refractivity contribution in [3.63, 3.8) is 0 Å². The molecule has 1 atom stereocenters. The van der Waals surface area contributed by atoms with Crippen molar-refractivity contribution in [2.75, 3.05) is 24.7 Å². The number of benzene rings is 1. The van der Waals surface area contributed by atoms with Crippen molar-refractivity contribution in [1.82, 2.24) is 9.55 Å². The molecule has 1 aromatic heterocycles. The van der Waals surface area contributed by atoms with Crippen molar-refractivity contribution in [2.45, 2.75) is 12.6 Å². The molecule has 5 nitrogen and oxygen atoms in total. The Morgan fingerprint density at radius 1 is 1.42 bits per heavy atom. The fourth-order valence-electron chi connectivity index (χ4n) is 2.91. The quantitative estimate of drug-likeness (QED) is 0.728. The Kier molecular flexibility index (Phi) is 2.34. The van der Waals surface area contributed by atoms with Crippen molar-refractivity contribution in [3.8, 4) is 0 Å². The second kappa shape index (κ2) is 3.95. The van der Waals surface area contributed by atoms with E-state index in [4.69, 9.17) is 16.3 Å². The maximum atomic E-state index is 12.1. The SMILES string of the molecule is O=c1nc2n(c3cc(Cl)ccc13)CC1COCCN21. The Morgan fingerprint density at radius 2 is 2.32 bits per heavy atom. The first kappa shape index (κ1) is 11.3. The van der Waals surface area contributed by atoms with Crippen LogP contribution in [0, 0.1) is 0 Å². The second-order valence-electron chi connectivity index (χ2n) is 4.91. The zero-order valence-corrected chi connectivity index (χ0v) is 10.9. The lowest BCUT2D eigenvalue weighted by Crippen LogP contribution is -2.43. The molecule has 0 N–H and O–H groups in total. The highest BCUT2D eigenvalue weighted by molar-refractivity contribution is 6.31. The van der Waals surface area contributed by atoms with Gasteiger partial charge >= 0.3 is 0 Å². The molecule has 1 unspecified atom stereocenters. The summed E-state index contributed by atoms with van der Waals surface area (Å²) in [5.41, 5.74) is 0.668. The number of hydrogen-bond acceptors (Lipinski definition) is 4. The van der Waals surface area contributed by atoms with E-state index in [1.54, 1.807) is 12.1 Å². The van der Waals surface area contributed by atoms with Gasteiger partial charge in [0.2, 0.25) is 5.95 Å². The van der Waals surface area contributed by atoms with E-state index < -0.39 is 0 Å². The molecule has 0 saturated carbocycles. The summed E-state index contributed by atoms with van der Waals surface area (Å²) in [5, 5.41) is 1.25. The number of aromatic nitrogens is 2. The Balaban J connectivity index is 2.01. The van der Waals surface area contributed by atoms with Crippen LogP contribution in [0.5, 0.6) is 0 Å². The molecule has 4 rings (SSSR count). The van der Waals surface area contributed by atoms with Crippen LogP contribution in [-0.2, 0) is 11.3 Å². The summed E-state index contributed by atoms with van der Waals surface area (Å²) in [6, 6.07) is 5.58. The Bertz CT molecular complexity index is 728. The van der Waals surface area contributed by atoms with Gasteiger partial charge in [-0.1, -0.05) is 11.6 Å². The zero-order valence-electron chi connectivity index (χ0n) is 10.2. The molecule has 1 aromatic carbocycles. The topological polar surface area (TPSA) is 47.4 Å². The largest absolute Gasteiger partial charge is 0.377 e. The Morgan fingerprint density at radius 3 is 3.21 bits per heavy atom. The van der Waals surface area contributed by atoms with Crippen LogP contribution in [0.15, 0.2) is 23.0 Å². The van der Waals surface area contributed by atoms with Crippen LogP contribution in [-0.4, -0.2) is 35.4 Å². The third-order valence-electron chi connectivity index (χ3n) is 3.80. The van der Waals surface area contributed by atoms with Crippen LogP contribution in [0.25, 0.3) is 10.9 Å². The van der Waals surface area contributed by atoms with Crippen LogP contribution in [0.1, 0.15) is 0 Å². The maximum Gasteiger partial charge on any atom is 0.282 e. The van der Waals surface area contributed by atoms with Gasteiger partial charge in [-0.15, -0.1) is 0 Å². The minimum atomic E-state index is -0.190. The lowest BCUT2D eigenvalue weighted by atomic mass is 10.2. The highest BCUT2D eigenvalue weighted by Gasteiger charge is 2.34. The minimum Gasteiger partial charge on any atom is -0.377 e. The van der Waals surface area contributed by atoms with Gasteiger partial charge in [0.05, 0.1) is 30.2 Å². The standard InChI is InChI=1S/C13H12ClN3O2/c14-8-1-2-10-11(5-8)17-6-9-7-19-4-3-16(9)13(17)15-12(10)18/h1-2,5,9H,3-4,6-7H2. The fourth-order valence-corrected chi connectivity index (χ4v) is 3.07. The lowest BCUT2D eigenvalue weighted by Gasteiger charge is -2.29. The molecule has 2 aliphatic rings. The Labute approximate surface area is 114 Å². The van der Waals surface area contributed by atoms with Crippen LogP contribution < -0.4 is 10.5 Å². The first-order valence-corrected chi connectivity index (χ1v) is 6.66. The summed E-state index contributed by atoms with van der Waals surface area (Å²) in [6.45, 7) is 2.93. The van der Waals surface area contributed by atoms with Gasteiger partial charge in [-0.3, -0.25) is 4.79 Å². The predicted molar refractivity (Wildman–Crippen MR) is 73.0 cm³/mol. The van der Waals surface area contributed by atoms with Gasteiger partial charge in [0.15, 0.2) is 0 Å². The fraction of sp³-hybridized carbons (Fsp3) is 0.385. The van der Waals surface area contributed by atoms with Gasteiger partial charge in [0.1, 0.15) is 0 Å². The molecular formula is C13H12ClN3O2. The molecule has 0 amide bonds. The first-order chi connectivity index (χ1) is 9.24. The van der Waals surface area contributed by atoms with Crippen molar-refractivity contribution < 1.29 is 4.74 Å². The number of nitrogens with zero attached hydrogens (tertiary/aromatic N) is 3. The summed E-state index contributed by atoms with van der Waals surface area (Å²) in [5.74, 6) is 0.744. The maximum absolute atomic E-state index is 12.1. The van der Waals surface area contributed by atoms with Crippen molar-refractivity contribution in [2.24, 2.45) is 0 Å². The van der Waals surface area contributed by atoms with Crippen LogP contribution in [0.3, 0.4) is 0 Å². The number of morpholine rings is 1. The lowest BCUT2D eigenvalue weighted by molar-refractivity contribution is 0.0957. The van der Waals surface area contributed by atoms with Gasteiger partial charge in [-0.05, 0) is 18.2 Å². The summed E-state index contributed by atoms with van der Waals surface area (Å²) >= 11 is 6.05. The van der Waals surface area contributed by atoms with E-state index in [9.17, 15) is 4.79 Å². The molecule has 6 heteroatoms. The molecule has 3 heterocycles. The van der Waals surface area contributed by atoms with E-state index in [1.165, 1.54) is 0 Å². The predicted octanol–water partition coefficient (Wildman–Crippen LogP) is 1.27. The number of halogens is 1. The third-order valence-corrected chi connectivity index (χ3v) is 4.04. The van der Waals surface area contributed by atoms with E-state index in [-0.39, 0.29) is 11.6 Å². The highest BCUT2D eigenvalue weighted by Crippen LogP contribution is 2.29. The van der Waals surface area contributed by atoms with Crippen molar-refractivity contribution >= 4 is 28.5 Å². The third kappa shape index (κ3) is 1.58. The summed E-state index contributed by atoms with van der Waals surface area (Å²) < 4.78 is 7.57. The molecule has 0 aliphatic carbocycles. The van der Waals surface area contributed by atoms with Crippen LogP contribution in [0.2, 0.25) is 5.02 Å². The number of hydrogen-bond donors (Lipinski definition) is 0. The average molecular weight is 278 g/mol. The van der Waals surface area contributed by atoms with E-state index in [2.05, 4.69) is 14.5 Å². The summed E-state index contributed by atoms with van der Waals surface area (Å²) in [6.07, 6.45) is 0. The second-order valence-corrected chi connectivity index (χ2v) is 5.35. The van der Waals surface area contributed by atoms with Gasteiger partial charge < -0.3 is 14.2 Å². The zero-order chi connectivity index (χ0) is 13.0. The van der Waals surface area contributed by atoms with Crippen LogP contribution >= 0.6 is 11.6 Å². The number of ether oxygens (including phenoxy) is 1. The normalized spacial score (nSPS) is 21.5. The molecule has 1 saturated heterocycles. The number of anilines is 1. The molecule has 0 radical (unpaired) electrons. The van der Waals surface area contributed by atoms with E-state index >= 15 is 0 Å². The minimum absolute atomic E-state index is 0.190. The molecule has 2 aliphatic heterocycles. The molecule has 2 aromatic rings. The highest BCUT2D eigenvalue weighted by atomic mass is 35.5. The molecular weight excluding hydrogens is 266 g/mol. The van der Waals surface area contributed by atoms with E-state index in [1.807, 2.05) is 6.07 Å². The van der Waals surface area contributed by atoms with Gasteiger partial charge in [0, 0.05) is 18.1 Å². The van der Waals surface area contributed by atoms with E-state index in [0.717, 1.165) is 24.6 Å². The molecule has 19 heavy (non-hydrogen) atoms. The van der Waals surface area contributed by atoms with Crippen molar-refractivity contribution in [1.29, 1.82) is 0 Å². The number of rotatable bonds is 0. The van der Waals surface area contributed by atoms with E-state index in [0.29, 0.717) is 23.6 Å². The average Bonchev–Trinajstić information content (AvgIpc) is 2.78. The summed E-state index contributed by atoms with van der Waals surface area (Å²) in [7, 11) is 0. The number of fused-ring (bicyclic) bond motifs is 5.